The van der Waals surface area contributed by atoms with E-state index in [0.717, 1.165) is 11.3 Å². The predicted octanol–water partition coefficient (Wildman–Crippen LogP) is 2.08. The number of methoxy groups -OCH3 is 1. The van der Waals surface area contributed by atoms with E-state index in [4.69, 9.17) is 15.7 Å². The first-order valence-corrected chi connectivity index (χ1v) is 6.40. The van der Waals surface area contributed by atoms with Crippen LogP contribution >= 0.6 is 24.4 Å². The highest BCUT2D eigenvalue weighted by Gasteiger charge is 2.09. The molecule has 18 heavy (non-hydrogen) atoms. The van der Waals surface area contributed by atoms with Crippen LogP contribution < -0.4 is 10.5 Å². The van der Waals surface area contributed by atoms with Crippen molar-refractivity contribution in [2.24, 2.45) is 5.73 Å². The SMILES string of the molecule is COc1ccc(CSC(S)=C(C#N)C(N)=O)cc1. The minimum Gasteiger partial charge on any atom is -0.497 e. The number of hydrogen-bond acceptors (Lipinski definition) is 5. The number of carbonyl (C=O) groups excluding carboxylic acids is 1. The van der Waals surface area contributed by atoms with E-state index in [9.17, 15) is 4.79 Å². The molecule has 1 amide bonds. The maximum Gasteiger partial charge on any atom is 0.261 e. The summed E-state index contributed by atoms with van der Waals surface area (Å²) in [7, 11) is 1.60. The van der Waals surface area contributed by atoms with E-state index < -0.39 is 5.91 Å². The molecule has 0 bridgehead atoms. The standard InChI is InChI=1S/C12H12N2O2S2/c1-16-9-4-2-8(3-5-9)7-18-12(17)10(6-13)11(14)15/h2-5,17H,7H2,1H3,(H2,14,15). The minimum atomic E-state index is -0.760. The lowest BCUT2D eigenvalue weighted by Crippen LogP contribution is -2.13. The normalized spacial score (nSPS) is 11.4. The fourth-order valence-corrected chi connectivity index (χ4v) is 2.29. The fraction of sp³-hybridized carbons (Fsp3) is 0.167. The number of amides is 1. The van der Waals surface area contributed by atoms with Crippen LogP contribution in [0.4, 0.5) is 0 Å². The van der Waals surface area contributed by atoms with Crippen LogP contribution in [-0.4, -0.2) is 13.0 Å². The van der Waals surface area contributed by atoms with Gasteiger partial charge in [-0.1, -0.05) is 12.1 Å². The molecule has 4 nitrogen and oxygen atoms in total. The molecular weight excluding hydrogens is 268 g/mol. The molecule has 0 heterocycles. The molecule has 0 aliphatic carbocycles. The number of hydrogen-bond donors (Lipinski definition) is 2. The van der Waals surface area contributed by atoms with Crippen LogP contribution in [0.2, 0.25) is 0 Å². The van der Waals surface area contributed by atoms with Gasteiger partial charge in [0.05, 0.1) is 11.3 Å². The smallest absolute Gasteiger partial charge is 0.261 e. The van der Waals surface area contributed by atoms with E-state index in [2.05, 4.69) is 12.6 Å². The van der Waals surface area contributed by atoms with E-state index >= 15 is 0 Å². The zero-order valence-electron chi connectivity index (χ0n) is 9.71. The van der Waals surface area contributed by atoms with Gasteiger partial charge < -0.3 is 10.5 Å². The number of benzene rings is 1. The molecule has 0 saturated heterocycles. The summed E-state index contributed by atoms with van der Waals surface area (Å²) in [5.41, 5.74) is 5.98. The van der Waals surface area contributed by atoms with Gasteiger partial charge >= 0.3 is 0 Å². The molecule has 1 aromatic rings. The summed E-state index contributed by atoms with van der Waals surface area (Å²) in [5, 5.41) is 8.74. The number of nitrogens with two attached hydrogens (primary N) is 1. The number of thiol groups is 1. The Labute approximate surface area is 115 Å². The topological polar surface area (TPSA) is 76.1 Å². The van der Waals surface area contributed by atoms with E-state index in [1.54, 1.807) is 13.2 Å². The summed E-state index contributed by atoms with van der Waals surface area (Å²) < 4.78 is 5.38. The molecule has 0 aliphatic rings. The first-order valence-electron chi connectivity index (χ1n) is 4.97. The lowest BCUT2D eigenvalue weighted by Gasteiger charge is -2.04. The van der Waals surface area contributed by atoms with E-state index in [1.807, 2.05) is 24.3 Å². The summed E-state index contributed by atoms with van der Waals surface area (Å²) >= 11 is 5.39. The average Bonchev–Trinajstić information content (AvgIpc) is 2.37. The van der Waals surface area contributed by atoms with Crippen molar-refractivity contribution in [2.45, 2.75) is 5.75 Å². The van der Waals surface area contributed by atoms with Gasteiger partial charge in [0.1, 0.15) is 17.4 Å². The molecule has 94 valence electrons. The lowest BCUT2D eigenvalue weighted by molar-refractivity contribution is -0.114. The number of primary amides is 1. The number of nitrogens with zero attached hydrogens (tertiary/aromatic N) is 1. The Morgan fingerprint density at radius 1 is 1.50 bits per heavy atom. The van der Waals surface area contributed by atoms with Crippen LogP contribution in [-0.2, 0) is 10.5 Å². The second-order valence-electron chi connectivity index (χ2n) is 3.29. The third kappa shape index (κ3) is 4.02. The Morgan fingerprint density at radius 2 is 2.11 bits per heavy atom. The van der Waals surface area contributed by atoms with Crippen molar-refractivity contribution in [2.75, 3.05) is 7.11 Å². The highest BCUT2D eigenvalue weighted by Crippen LogP contribution is 2.27. The van der Waals surface area contributed by atoms with Crippen LogP contribution in [0.1, 0.15) is 5.56 Å². The highest BCUT2D eigenvalue weighted by molar-refractivity contribution is 8.15. The molecule has 0 fully saturated rings. The molecule has 0 radical (unpaired) electrons. The quantitative estimate of drug-likeness (QED) is 0.492. The third-order valence-corrected chi connectivity index (χ3v) is 3.67. The monoisotopic (exact) mass is 280 g/mol. The first-order chi connectivity index (χ1) is 8.58. The van der Waals surface area contributed by atoms with Crippen LogP contribution in [0.15, 0.2) is 34.1 Å². The largest absolute Gasteiger partial charge is 0.497 e. The van der Waals surface area contributed by atoms with E-state index in [-0.39, 0.29) is 5.57 Å². The Balaban J connectivity index is 2.70. The van der Waals surface area contributed by atoms with Gasteiger partial charge in [-0.3, -0.25) is 4.79 Å². The van der Waals surface area contributed by atoms with Crippen LogP contribution in [0.3, 0.4) is 0 Å². The van der Waals surface area contributed by atoms with Crippen molar-refractivity contribution in [1.82, 2.24) is 0 Å². The summed E-state index contributed by atoms with van der Waals surface area (Å²) in [6.07, 6.45) is 0. The van der Waals surface area contributed by atoms with Crippen molar-refractivity contribution in [1.29, 1.82) is 5.26 Å². The number of ether oxygens (including phenoxy) is 1. The van der Waals surface area contributed by atoms with Gasteiger partial charge in [-0.2, -0.15) is 5.26 Å². The van der Waals surface area contributed by atoms with Gasteiger partial charge in [-0.25, -0.2) is 0 Å². The van der Waals surface area contributed by atoms with Crippen molar-refractivity contribution >= 4 is 30.3 Å². The second-order valence-corrected chi connectivity index (χ2v) is 5.03. The molecule has 0 spiro atoms. The molecule has 0 unspecified atom stereocenters. The van der Waals surface area contributed by atoms with Crippen LogP contribution in [0, 0.1) is 11.3 Å². The molecular formula is C12H12N2O2S2. The summed E-state index contributed by atoms with van der Waals surface area (Å²) in [6, 6.07) is 9.24. The van der Waals surface area contributed by atoms with Gasteiger partial charge in [0.15, 0.2) is 0 Å². The second kappa shape index (κ2) is 6.99. The van der Waals surface area contributed by atoms with Gasteiger partial charge in [0.2, 0.25) is 0 Å². The van der Waals surface area contributed by atoms with Crippen LogP contribution in [0.5, 0.6) is 5.75 Å². The zero-order valence-corrected chi connectivity index (χ0v) is 11.4. The van der Waals surface area contributed by atoms with Crippen molar-refractivity contribution in [3.8, 4) is 11.8 Å². The van der Waals surface area contributed by atoms with Gasteiger partial charge in [-0.05, 0) is 17.7 Å². The van der Waals surface area contributed by atoms with Gasteiger partial charge in [0, 0.05) is 5.75 Å². The Kier molecular flexibility index (Phi) is 5.62. The molecule has 0 atom stereocenters. The molecule has 6 heteroatoms. The average molecular weight is 280 g/mol. The number of carbonyl (C=O) groups is 1. The lowest BCUT2D eigenvalue weighted by atomic mass is 10.2. The molecule has 1 aromatic carbocycles. The third-order valence-electron chi connectivity index (χ3n) is 2.11. The molecule has 2 N–H and O–H groups in total. The maximum absolute atomic E-state index is 10.9. The summed E-state index contributed by atoms with van der Waals surface area (Å²) in [6.45, 7) is 0. The number of thioether (sulfide) groups is 1. The molecule has 0 aromatic heterocycles. The van der Waals surface area contributed by atoms with Gasteiger partial charge in [0.25, 0.3) is 5.91 Å². The Morgan fingerprint density at radius 3 is 2.56 bits per heavy atom. The molecule has 1 rings (SSSR count). The van der Waals surface area contributed by atoms with Crippen LogP contribution in [0.25, 0.3) is 0 Å². The first kappa shape index (κ1) is 14.5. The fourth-order valence-electron chi connectivity index (χ4n) is 1.15. The van der Waals surface area contributed by atoms with Crippen molar-refractivity contribution < 1.29 is 9.53 Å². The number of nitriles is 1. The van der Waals surface area contributed by atoms with E-state index in [0.29, 0.717) is 9.99 Å². The Bertz CT molecular complexity index is 504. The summed E-state index contributed by atoms with van der Waals surface area (Å²) in [4.78, 5) is 10.9. The molecule has 0 aliphatic heterocycles. The zero-order chi connectivity index (χ0) is 13.5. The van der Waals surface area contributed by atoms with E-state index in [1.165, 1.54) is 11.8 Å². The Hall–Kier alpha value is -1.58. The molecule has 0 saturated carbocycles. The maximum atomic E-state index is 10.9. The minimum absolute atomic E-state index is 0.114. The predicted molar refractivity (Wildman–Crippen MR) is 75.1 cm³/mol. The summed E-state index contributed by atoms with van der Waals surface area (Å²) in [5.74, 6) is 0.617. The van der Waals surface area contributed by atoms with Crippen molar-refractivity contribution in [3.63, 3.8) is 0 Å². The van der Waals surface area contributed by atoms with Gasteiger partial charge in [-0.15, -0.1) is 24.4 Å². The highest BCUT2D eigenvalue weighted by atomic mass is 32.2. The number of rotatable bonds is 5. The van der Waals surface area contributed by atoms with Crippen molar-refractivity contribution in [3.05, 3.63) is 39.6 Å².